The molecule has 0 fully saturated rings. The van der Waals surface area contributed by atoms with Gasteiger partial charge in [-0.1, -0.05) is 54.6 Å². The Morgan fingerprint density at radius 3 is 0.942 bits per heavy atom. The van der Waals surface area contributed by atoms with E-state index in [-0.39, 0.29) is 32.5 Å². The molecule has 0 aliphatic carbocycles. The molecule has 34 nitrogen and oxygen atoms in total. The van der Waals surface area contributed by atoms with E-state index in [1.165, 1.54) is 110 Å². The van der Waals surface area contributed by atoms with E-state index in [4.69, 9.17) is 32.8 Å². The summed E-state index contributed by atoms with van der Waals surface area (Å²) in [4.78, 5) is 67.6. The van der Waals surface area contributed by atoms with Gasteiger partial charge in [-0.25, -0.2) is 66.7 Å². The third-order valence-corrected chi connectivity index (χ3v) is 20.0. The van der Waals surface area contributed by atoms with E-state index < -0.39 is 62.7 Å². The molecule has 1 aliphatic heterocycles. The Bertz CT molecular complexity index is 5050. The van der Waals surface area contributed by atoms with Gasteiger partial charge in [0, 0.05) is 70.5 Å². The Morgan fingerprint density at radius 1 is 0.369 bits per heavy atom. The topological polar surface area (TPSA) is 498 Å². The first kappa shape index (κ1) is 77.9. The van der Waals surface area contributed by atoms with Crippen molar-refractivity contribution in [3.05, 3.63) is 297 Å². The van der Waals surface area contributed by atoms with Crippen molar-refractivity contribution < 1.29 is 48.4 Å². The largest absolute Gasteiger partial charge is 0.397 e. The van der Waals surface area contributed by atoms with Gasteiger partial charge < -0.3 is 32.7 Å². The highest BCUT2D eigenvalue weighted by atomic mass is 79.9. The number of hydrogen-bond acceptors (Lipinski definition) is 30. The summed E-state index contributed by atoms with van der Waals surface area (Å²) in [6, 6.07) is 52.7. The van der Waals surface area contributed by atoms with E-state index >= 15 is 0 Å². The van der Waals surface area contributed by atoms with Crippen LogP contribution >= 0.6 is 37.3 Å². The molecule has 10 aromatic heterocycles. The van der Waals surface area contributed by atoms with Crippen LogP contribution in [0, 0.1) is 30.3 Å². The van der Waals surface area contributed by atoms with Crippen LogP contribution in [0.2, 0.25) is 0 Å². The van der Waals surface area contributed by atoms with Crippen molar-refractivity contribution in [2.45, 2.75) is 19.6 Å². The maximum absolute atomic E-state index is 12.7. The Balaban J connectivity index is 0.000000174. The highest BCUT2D eigenvalue weighted by Crippen LogP contribution is 2.40. The summed E-state index contributed by atoms with van der Waals surface area (Å²) < 4.78 is 95.4. The zero-order valence-electron chi connectivity index (χ0n) is 52.2. The fraction of sp³-hybridized carbons (Fsp3) is 0. The van der Waals surface area contributed by atoms with Crippen LogP contribution in [0.5, 0.6) is 0 Å². The second-order valence-electron chi connectivity index (χ2n) is 19.4. The fourth-order valence-electron chi connectivity index (χ4n) is 7.62. The predicted molar refractivity (Wildman–Crippen MR) is 388 cm³/mol. The lowest BCUT2D eigenvalue weighted by atomic mass is 10.4. The number of sulfonamides is 2. The van der Waals surface area contributed by atoms with Crippen LogP contribution in [0.1, 0.15) is 0 Å². The van der Waals surface area contributed by atoms with Gasteiger partial charge in [-0.2, -0.15) is 20.5 Å². The maximum Gasteiger partial charge on any atom is 0.287 e. The monoisotopic (exact) mass is 1580 g/mol. The number of nitro groups is 3. The van der Waals surface area contributed by atoms with Crippen molar-refractivity contribution in [2.24, 2.45) is 0 Å². The van der Waals surface area contributed by atoms with E-state index in [2.05, 4.69) is 87.0 Å². The van der Waals surface area contributed by atoms with Gasteiger partial charge in [0.2, 0.25) is 0 Å². The highest BCUT2D eigenvalue weighted by molar-refractivity contribution is 9.10. The minimum Gasteiger partial charge on any atom is -0.397 e. The first-order valence-corrected chi connectivity index (χ1v) is 36.8. The van der Waals surface area contributed by atoms with Gasteiger partial charge in [0.15, 0.2) is 0 Å². The fourth-order valence-corrected chi connectivity index (χ4v) is 15.1. The molecule has 8 N–H and O–H groups in total. The number of benzene rings is 2. The third-order valence-electron chi connectivity index (χ3n) is 12.2. The van der Waals surface area contributed by atoms with Crippen molar-refractivity contribution in [2.75, 3.05) is 36.4 Å². The summed E-state index contributed by atoms with van der Waals surface area (Å²) in [5.41, 5.74) is 11.3. The highest BCUT2D eigenvalue weighted by Gasteiger charge is 2.47. The minimum absolute atomic E-state index is 0.00296. The smallest absolute Gasteiger partial charge is 0.287 e. The second-order valence-corrected chi connectivity index (χ2v) is 29.0. The summed E-state index contributed by atoms with van der Waals surface area (Å²) in [6.07, 6.45) is 14.7. The van der Waals surface area contributed by atoms with Gasteiger partial charge in [0.25, 0.3) is 55.2 Å². The van der Waals surface area contributed by atoms with Gasteiger partial charge in [-0.3, -0.25) is 30.3 Å². The summed E-state index contributed by atoms with van der Waals surface area (Å²) >= 11 is 3.06. The van der Waals surface area contributed by atoms with Crippen molar-refractivity contribution in [3.63, 3.8) is 0 Å². The van der Waals surface area contributed by atoms with Crippen LogP contribution in [0.25, 0.3) is 0 Å². The number of rotatable bonds is 14. The van der Waals surface area contributed by atoms with Gasteiger partial charge in [-0.05, 0) is 143 Å². The third kappa shape index (κ3) is 24.5. The number of hydrogen-bond donors (Lipinski definition) is 6. The molecule has 2 aromatic carbocycles. The molecule has 13 rings (SSSR count). The summed E-state index contributed by atoms with van der Waals surface area (Å²) in [5, 5.41) is 42.7. The number of nitrogens with two attached hydrogens (primary N) is 2. The minimum atomic E-state index is -4.21. The Morgan fingerprint density at radius 2 is 0.680 bits per heavy atom. The van der Waals surface area contributed by atoms with Crippen LogP contribution < -0.4 is 36.4 Å². The number of pyridine rings is 10. The van der Waals surface area contributed by atoms with Gasteiger partial charge in [0.1, 0.15) is 95.1 Å². The maximum atomic E-state index is 12.7. The number of halogens is 3. The lowest BCUT2D eigenvalue weighted by Crippen LogP contribution is -2.30. The molecule has 41 heteroatoms. The van der Waals surface area contributed by atoms with Crippen molar-refractivity contribution >= 4 is 156 Å². The number of aromatic nitrogens is 10. The zero-order chi connectivity index (χ0) is 74.6. The number of anilines is 11. The molecule has 11 heterocycles. The summed E-state index contributed by atoms with van der Waals surface area (Å²) in [7, 11) is -6.59. The standard InChI is InChI=1S/C16H12N4O4S2.2C10H8N4O2.C10H10N4.C6H4Cl2O4S2.C5H3BrN2O2.C5H6N2/c21-25(22)13-5-1-2-6-14(13)26(23,24)20(25)12-8-9-16(18-11-12)19-15-7-3-4-10-17-15;2*15-14(16)8-4-5-10(12-7-8)13-9-3-1-2-6-11-9;11-8-4-5-10(13-7-8)14-9-3-1-2-6-12-9;7-13(9,10)5-3-1-2-4-6(5)14(8,11)12;6-5-2-1-4(3-7-5)8(9)10;6-5-3-1-2-4-7-5/h1-11H,(H,17,18,19);2*1-7H,(H,11,12,13);1-7H,11H2,(H,12,13,14);1-4H;1-3H;1-4H,(H2,6,7). The van der Waals surface area contributed by atoms with Crippen LogP contribution in [0.4, 0.5) is 80.8 Å². The van der Waals surface area contributed by atoms with E-state index in [9.17, 15) is 64.0 Å². The molecular formula is C62H51BrCl2N20O14S4. The van der Waals surface area contributed by atoms with E-state index in [1.54, 1.807) is 91.8 Å². The molecule has 0 saturated carbocycles. The van der Waals surface area contributed by atoms with E-state index in [0.717, 1.165) is 23.8 Å². The van der Waals surface area contributed by atoms with Crippen molar-refractivity contribution in [1.29, 1.82) is 0 Å². The number of fused-ring (bicyclic) bond motifs is 1. The average molecular weight is 1580 g/mol. The lowest BCUT2D eigenvalue weighted by molar-refractivity contribution is -0.385. The quantitative estimate of drug-likeness (QED) is 0.0255. The number of nitrogens with one attached hydrogen (secondary N) is 4. The molecular weight excluding hydrogens is 1530 g/mol. The summed E-state index contributed by atoms with van der Waals surface area (Å²) in [6.45, 7) is 0. The van der Waals surface area contributed by atoms with Gasteiger partial charge in [0.05, 0.1) is 38.5 Å². The lowest BCUT2D eigenvalue weighted by Gasteiger charge is -2.16. The van der Waals surface area contributed by atoms with Crippen LogP contribution in [-0.4, -0.2) is 98.3 Å². The van der Waals surface area contributed by atoms with Gasteiger partial charge in [-0.15, -0.1) is 0 Å². The Kier molecular flexibility index (Phi) is 28.1. The molecule has 12 aromatic rings. The molecule has 0 radical (unpaired) electrons. The molecule has 103 heavy (non-hydrogen) atoms. The molecule has 0 unspecified atom stereocenters. The van der Waals surface area contributed by atoms with Crippen molar-refractivity contribution in [1.82, 2.24) is 49.8 Å². The van der Waals surface area contributed by atoms with Gasteiger partial charge >= 0.3 is 0 Å². The average Bonchev–Trinajstić information content (AvgIpc) is 1.56. The van der Waals surface area contributed by atoms with E-state index in [0.29, 0.717) is 54.7 Å². The summed E-state index contributed by atoms with van der Waals surface area (Å²) in [5.74, 6) is 5.35. The Labute approximate surface area is 603 Å². The molecule has 0 atom stereocenters. The van der Waals surface area contributed by atoms with E-state index in [1.807, 2.05) is 48.5 Å². The zero-order valence-corrected chi connectivity index (χ0v) is 58.6. The number of nitrogen functional groups attached to an aromatic ring is 2. The molecule has 528 valence electrons. The molecule has 1 aliphatic rings. The SMILES string of the molecule is Nc1ccc(Nc2ccccn2)nc1.Nc1ccccn1.O=S(=O)(Cl)c1ccccc1S(=O)(=O)Cl.O=S1(=O)c2ccccc2S(=O)(=O)N1c1ccc(Nc2ccccn2)nc1.O=[N+]([O-])c1ccc(Br)nc1.O=[N+]([O-])c1ccc(Nc2ccccn2)nc1.O=[N+]([O-])c1ccc(Nc2ccccn2)nc1. The predicted octanol–water partition coefficient (Wildman–Crippen LogP) is 12.1. The molecule has 0 amide bonds. The van der Waals surface area contributed by atoms with Crippen molar-refractivity contribution in [3.8, 4) is 0 Å². The first-order valence-electron chi connectivity index (χ1n) is 28.5. The Hall–Kier alpha value is -12.4. The van der Waals surface area contributed by atoms with Crippen LogP contribution in [0.15, 0.2) is 286 Å². The molecule has 0 spiro atoms. The second kappa shape index (κ2) is 37.1. The molecule has 0 bridgehead atoms. The number of nitrogens with zero attached hydrogens (tertiary/aromatic N) is 14. The van der Waals surface area contributed by atoms with Crippen LogP contribution in [0.3, 0.4) is 0 Å². The first-order chi connectivity index (χ1) is 49.1. The molecule has 0 saturated heterocycles. The van der Waals surface area contributed by atoms with Crippen LogP contribution in [-0.2, 0) is 38.1 Å². The normalized spacial score (nSPS) is 11.8.